The van der Waals surface area contributed by atoms with Gasteiger partial charge in [-0.05, 0) is 12.8 Å². The molecule has 0 aliphatic carbocycles. The summed E-state index contributed by atoms with van der Waals surface area (Å²) in [5.74, 6) is 0. The first-order chi connectivity index (χ1) is 9.81. The van der Waals surface area contributed by atoms with Gasteiger partial charge < -0.3 is 5.11 Å². The Morgan fingerprint density at radius 1 is 0.650 bits per heavy atom. The summed E-state index contributed by atoms with van der Waals surface area (Å²) in [5, 5.41) is 9.92. The van der Waals surface area contributed by atoms with E-state index in [1.54, 1.807) is 0 Å². The van der Waals surface area contributed by atoms with Crippen LogP contribution in [0, 0.1) is 6.92 Å². The van der Waals surface area contributed by atoms with E-state index in [4.69, 9.17) is 0 Å². The van der Waals surface area contributed by atoms with E-state index < -0.39 is 0 Å². The molecule has 1 radical (unpaired) electrons. The quantitative estimate of drug-likeness (QED) is 0.323. The molecule has 1 heteroatoms. The molecule has 0 aromatic heterocycles. The minimum absolute atomic E-state index is 0.0349. The van der Waals surface area contributed by atoms with Gasteiger partial charge in [-0.15, -0.1) is 0 Å². The predicted molar refractivity (Wildman–Crippen MR) is 90.9 cm³/mol. The Hall–Kier alpha value is -0.0400. The van der Waals surface area contributed by atoms with Crippen LogP contribution in [-0.4, -0.2) is 11.2 Å². The maximum Gasteiger partial charge on any atom is 0.0540 e. The van der Waals surface area contributed by atoms with Crippen LogP contribution in [0.25, 0.3) is 0 Å². The van der Waals surface area contributed by atoms with Crippen molar-refractivity contribution < 1.29 is 5.11 Å². The van der Waals surface area contributed by atoms with Crippen LogP contribution in [-0.2, 0) is 0 Å². The fourth-order valence-corrected chi connectivity index (χ4v) is 2.75. The lowest BCUT2D eigenvalue weighted by molar-refractivity contribution is 0.147. The van der Waals surface area contributed by atoms with Gasteiger partial charge in [0.1, 0.15) is 0 Å². The van der Waals surface area contributed by atoms with Crippen molar-refractivity contribution in [2.75, 3.05) is 0 Å². The van der Waals surface area contributed by atoms with Crippen molar-refractivity contribution in [3.8, 4) is 0 Å². The van der Waals surface area contributed by atoms with E-state index in [2.05, 4.69) is 13.8 Å². The van der Waals surface area contributed by atoms with Crippen LogP contribution >= 0.6 is 0 Å². The lowest BCUT2D eigenvalue weighted by atomic mass is 10.0. The lowest BCUT2D eigenvalue weighted by Gasteiger charge is -2.10. The minimum Gasteiger partial charge on any atom is -0.393 e. The molecule has 0 amide bonds. The number of unbranched alkanes of at least 4 members (excludes halogenated alkanes) is 12. The van der Waals surface area contributed by atoms with Gasteiger partial charge in [0.2, 0.25) is 0 Å². The zero-order valence-corrected chi connectivity index (χ0v) is 14.0. The van der Waals surface area contributed by atoms with Gasteiger partial charge in [-0.1, -0.05) is 104 Å². The first kappa shape index (κ1) is 20.0. The number of rotatable bonds is 16. The highest BCUT2D eigenvalue weighted by Crippen LogP contribution is 2.14. The third kappa shape index (κ3) is 16.0. The van der Waals surface area contributed by atoms with Gasteiger partial charge in [0.25, 0.3) is 0 Å². The molecule has 0 aliphatic rings. The SMILES string of the molecule is [CH2]CCCCCCCCCC(O)CCCCCCCC. The largest absolute Gasteiger partial charge is 0.393 e. The number of aliphatic hydroxyl groups is 1. The Balaban J connectivity index is 3.10. The molecule has 0 aromatic carbocycles. The summed E-state index contributed by atoms with van der Waals surface area (Å²) in [6.45, 7) is 6.12. The molecule has 0 spiro atoms. The van der Waals surface area contributed by atoms with Gasteiger partial charge in [-0.3, -0.25) is 0 Å². The molecule has 0 saturated heterocycles. The highest BCUT2D eigenvalue weighted by molar-refractivity contribution is 4.57. The summed E-state index contributed by atoms with van der Waals surface area (Å²) < 4.78 is 0. The van der Waals surface area contributed by atoms with Crippen LogP contribution < -0.4 is 0 Å². The fourth-order valence-electron chi connectivity index (χ4n) is 2.75. The Kier molecular flexibility index (Phi) is 17.0. The maximum atomic E-state index is 9.92. The average molecular weight is 284 g/mol. The average Bonchev–Trinajstić information content (AvgIpc) is 2.45. The van der Waals surface area contributed by atoms with Crippen molar-refractivity contribution in [2.45, 2.75) is 116 Å². The summed E-state index contributed by atoms with van der Waals surface area (Å²) in [6, 6.07) is 0. The molecule has 1 unspecified atom stereocenters. The van der Waals surface area contributed by atoms with Crippen LogP contribution in [0.1, 0.15) is 110 Å². The van der Waals surface area contributed by atoms with Gasteiger partial charge in [-0.25, -0.2) is 0 Å². The van der Waals surface area contributed by atoms with Crippen LogP contribution in [0.2, 0.25) is 0 Å². The van der Waals surface area contributed by atoms with E-state index in [1.165, 1.54) is 83.5 Å². The zero-order valence-electron chi connectivity index (χ0n) is 14.0. The molecule has 0 fully saturated rings. The lowest BCUT2D eigenvalue weighted by Crippen LogP contribution is -2.05. The fraction of sp³-hybridized carbons (Fsp3) is 0.947. The van der Waals surface area contributed by atoms with Gasteiger partial charge >= 0.3 is 0 Å². The normalized spacial score (nSPS) is 12.8. The molecule has 121 valence electrons. The highest BCUT2D eigenvalue weighted by Gasteiger charge is 2.03. The number of aliphatic hydroxyl groups excluding tert-OH is 1. The third-order valence-electron chi connectivity index (χ3n) is 4.18. The first-order valence-corrected chi connectivity index (χ1v) is 9.28. The molecule has 0 rings (SSSR count). The maximum absolute atomic E-state index is 9.92. The van der Waals surface area contributed by atoms with Crippen molar-refractivity contribution in [2.24, 2.45) is 0 Å². The van der Waals surface area contributed by atoms with Gasteiger partial charge in [0, 0.05) is 0 Å². The standard InChI is InChI=1S/C19H39O/c1-3-5-7-9-11-12-14-16-18-19(20)17-15-13-10-8-6-4-2/h19-20H,1,3-18H2,2H3. The third-order valence-corrected chi connectivity index (χ3v) is 4.18. The Morgan fingerprint density at radius 3 is 1.50 bits per heavy atom. The second-order valence-corrected chi connectivity index (χ2v) is 6.33. The van der Waals surface area contributed by atoms with E-state index in [1.807, 2.05) is 0 Å². The molecular weight excluding hydrogens is 244 g/mol. The zero-order chi connectivity index (χ0) is 14.9. The van der Waals surface area contributed by atoms with Gasteiger partial charge in [0.15, 0.2) is 0 Å². The van der Waals surface area contributed by atoms with Crippen molar-refractivity contribution in [3.63, 3.8) is 0 Å². The highest BCUT2D eigenvalue weighted by atomic mass is 16.3. The Morgan fingerprint density at radius 2 is 1.05 bits per heavy atom. The molecule has 0 heterocycles. The molecular formula is C19H39O. The summed E-state index contributed by atoms with van der Waals surface area (Å²) in [6.07, 6.45) is 20.3. The molecule has 1 N–H and O–H groups in total. The molecule has 1 atom stereocenters. The smallest absolute Gasteiger partial charge is 0.0540 e. The van der Waals surface area contributed by atoms with E-state index >= 15 is 0 Å². The Labute approximate surface area is 128 Å². The topological polar surface area (TPSA) is 20.2 Å². The van der Waals surface area contributed by atoms with E-state index in [0.717, 1.165) is 19.3 Å². The second-order valence-electron chi connectivity index (χ2n) is 6.33. The summed E-state index contributed by atoms with van der Waals surface area (Å²) in [4.78, 5) is 0. The molecule has 20 heavy (non-hydrogen) atoms. The predicted octanol–water partition coefficient (Wildman–Crippen LogP) is 6.44. The molecule has 0 aliphatic heterocycles. The number of hydrogen-bond acceptors (Lipinski definition) is 1. The van der Waals surface area contributed by atoms with Crippen molar-refractivity contribution >= 4 is 0 Å². The first-order valence-electron chi connectivity index (χ1n) is 9.28. The molecule has 0 bridgehead atoms. The van der Waals surface area contributed by atoms with E-state index in [9.17, 15) is 5.11 Å². The van der Waals surface area contributed by atoms with Crippen LogP contribution in [0.15, 0.2) is 0 Å². The van der Waals surface area contributed by atoms with Gasteiger partial charge in [0.05, 0.1) is 6.10 Å². The number of hydrogen-bond donors (Lipinski definition) is 1. The summed E-state index contributed by atoms with van der Waals surface area (Å²) in [5.41, 5.74) is 0. The van der Waals surface area contributed by atoms with Crippen LogP contribution in [0.4, 0.5) is 0 Å². The van der Waals surface area contributed by atoms with E-state index in [0.29, 0.717) is 0 Å². The molecule has 0 aromatic rings. The second kappa shape index (κ2) is 17.0. The van der Waals surface area contributed by atoms with Crippen molar-refractivity contribution in [3.05, 3.63) is 6.92 Å². The van der Waals surface area contributed by atoms with E-state index in [-0.39, 0.29) is 6.10 Å². The molecule has 1 nitrogen and oxygen atoms in total. The van der Waals surface area contributed by atoms with Gasteiger partial charge in [-0.2, -0.15) is 0 Å². The van der Waals surface area contributed by atoms with Crippen molar-refractivity contribution in [1.82, 2.24) is 0 Å². The Bertz CT molecular complexity index is 167. The van der Waals surface area contributed by atoms with Crippen LogP contribution in [0.5, 0.6) is 0 Å². The van der Waals surface area contributed by atoms with Crippen molar-refractivity contribution in [1.29, 1.82) is 0 Å². The molecule has 0 saturated carbocycles. The summed E-state index contributed by atoms with van der Waals surface area (Å²) >= 11 is 0. The monoisotopic (exact) mass is 283 g/mol. The minimum atomic E-state index is -0.0349. The van der Waals surface area contributed by atoms with Crippen LogP contribution in [0.3, 0.4) is 0 Å². The summed E-state index contributed by atoms with van der Waals surface area (Å²) in [7, 11) is 0.